The van der Waals surface area contributed by atoms with Gasteiger partial charge in [0.05, 0.1) is 6.10 Å². The average molecular weight is 521 g/mol. The molecular weight excluding hydrogens is 468 g/mol. The Morgan fingerprint density at radius 3 is 1.92 bits per heavy atom. The van der Waals surface area contributed by atoms with Gasteiger partial charge in [-0.3, -0.25) is 9.59 Å². The summed E-state index contributed by atoms with van der Waals surface area (Å²) in [6.07, 6.45) is 28.0. The SMILES string of the molecule is CCCCC/C=C\C/C=C\C/C=C\C=C\[C@@H](O)CCCC(=O)OC[C@H](O)COC(=O)CCCCCCC. The summed E-state index contributed by atoms with van der Waals surface area (Å²) in [5.41, 5.74) is 0. The normalized spacial score (nSPS) is 13.7. The average Bonchev–Trinajstić information content (AvgIpc) is 2.88. The number of allylic oxidation sites excluding steroid dienone is 7. The summed E-state index contributed by atoms with van der Waals surface area (Å²) in [4.78, 5) is 23.5. The lowest BCUT2D eigenvalue weighted by Crippen LogP contribution is -2.25. The van der Waals surface area contributed by atoms with E-state index in [1.807, 2.05) is 18.2 Å². The molecule has 37 heavy (non-hydrogen) atoms. The van der Waals surface area contributed by atoms with Crippen LogP contribution in [-0.4, -0.2) is 47.6 Å². The van der Waals surface area contributed by atoms with Gasteiger partial charge in [0.25, 0.3) is 0 Å². The van der Waals surface area contributed by atoms with Gasteiger partial charge < -0.3 is 19.7 Å². The van der Waals surface area contributed by atoms with Crippen LogP contribution in [0.1, 0.15) is 110 Å². The highest BCUT2D eigenvalue weighted by atomic mass is 16.6. The number of hydrogen-bond acceptors (Lipinski definition) is 6. The van der Waals surface area contributed by atoms with Gasteiger partial charge in [-0.05, 0) is 44.9 Å². The van der Waals surface area contributed by atoms with Gasteiger partial charge in [0.15, 0.2) is 0 Å². The van der Waals surface area contributed by atoms with Crippen molar-refractivity contribution in [2.75, 3.05) is 13.2 Å². The molecule has 0 aliphatic rings. The van der Waals surface area contributed by atoms with Gasteiger partial charge in [-0.25, -0.2) is 0 Å². The Morgan fingerprint density at radius 1 is 0.676 bits per heavy atom. The van der Waals surface area contributed by atoms with E-state index < -0.39 is 18.2 Å². The van der Waals surface area contributed by atoms with Crippen LogP contribution in [-0.2, 0) is 19.1 Å². The van der Waals surface area contributed by atoms with Crippen molar-refractivity contribution in [2.24, 2.45) is 0 Å². The predicted octanol–water partition coefficient (Wildman–Crippen LogP) is 6.91. The molecule has 0 saturated carbocycles. The van der Waals surface area contributed by atoms with Crippen LogP contribution in [0.4, 0.5) is 0 Å². The van der Waals surface area contributed by atoms with Gasteiger partial charge in [-0.15, -0.1) is 0 Å². The molecule has 0 heterocycles. The van der Waals surface area contributed by atoms with Crippen LogP contribution in [0.2, 0.25) is 0 Å². The Balaban J connectivity index is 3.76. The Morgan fingerprint density at radius 2 is 1.24 bits per heavy atom. The number of esters is 2. The lowest BCUT2D eigenvalue weighted by molar-refractivity contribution is -0.152. The van der Waals surface area contributed by atoms with Gasteiger partial charge in [0.2, 0.25) is 0 Å². The van der Waals surface area contributed by atoms with Gasteiger partial charge in [0.1, 0.15) is 19.3 Å². The monoisotopic (exact) mass is 520 g/mol. The molecule has 0 radical (unpaired) electrons. The zero-order chi connectivity index (χ0) is 27.4. The summed E-state index contributed by atoms with van der Waals surface area (Å²) < 4.78 is 10.0. The van der Waals surface area contributed by atoms with E-state index >= 15 is 0 Å². The fraction of sp³-hybridized carbons (Fsp3) is 0.677. The fourth-order valence-corrected chi connectivity index (χ4v) is 3.42. The molecule has 0 saturated heterocycles. The Labute approximate surface area is 225 Å². The molecule has 0 spiro atoms. The summed E-state index contributed by atoms with van der Waals surface area (Å²) in [6, 6.07) is 0. The van der Waals surface area contributed by atoms with Gasteiger partial charge in [-0.1, -0.05) is 101 Å². The summed E-state index contributed by atoms with van der Waals surface area (Å²) in [5, 5.41) is 19.8. The lowest BCUT2D eigenvalue weighted by Gasteiger charge is -2.12. The molecule has 0 aromatic carbocycles. The maximum absolute atomic E-state index is 11.8. The molecule has 2 atom stereocenters. The molecule has 6 heteroatoms. The van der Waals surface area contributed by atoms with Gasteiger partial charge >= 0.3 is 11.9 Å². The van der Waals surface area contributed by atoms with Crippen molar-refractivity contribution in [2.45, 2.75) is 122 Å². The van der Waals surface area contributed by atoms with E-state index in [4.69, 9.17) is 9.47 Å². The van der Waals surface area contributed by atoms with E-state index in [-0.39, 0.29) is 25.6 Å². The zero-order valence-corrected chi connectivity index (χ0v) is 23.3. The molecule has 0 bridgehead atoms. The minimum absolute atomic E-state index is 0.156. The second-order valence-corrected chi connectivity index (χ2v) is 9.37. The van der Waals surface area contributed by atoms with Crippen molar-refractivity contribution in [3.8, 4) is 0 Å². The van der Waals surface area contributed by atoms with E-state index in [0.29, 0.717) is 19.3 Å². The van der Waals surface area contributed by atoms with E-state index in [0.717, 1.165) is 44.9 Å². The van der Waals surface area contributed by atoms with Crippen molar-refractivity contribution >= 4 is 11.9 Å². The molecule has 0 aromatic heterocycles. The molecule has 212 valence electrons. The summed E-state index contributed by atoms with van der Waals surface area (Å²) >= 11 is 0. The van der Waals surface area contributed by atoms with E-state index in [9.17, 15) is 19.8 Å². The highest BCUT2D eigenvalue weighted by Crippen LogP contribution is 2.07. The minimum atomic E-state index is -1.03. The maximum Gasteiger partial charge on any atom is 0.305 e. The van der Waals surface area contributed by atoms with Crippen LogP contribution < -0.4 is 0 Å². The fourth-order valence-electron chi connectivity index (χ4n) is 3.42. The molecule has 0 amide bonds. The number of unbranched alkanes of at least 4 members (excludes halogenated alkanes) is 7. The molecular formula is C31H52O6. The number of aliphatic hydroxyl groups is 2. The number of carbonyl (C=O) groups excluding carboxylic acids is 2. The third-order valence-corrected chi connectivity index (χ3v) is 5.67. The number of carbonyl (C=O) groups is 2. The van der Waals surface area contributed by atoms with Gasteiger partial charge in [0, 0.05) is 12.8 Å². The summed E-state index contributed by atoms with van der Waals surface area (Å²) in [5.74, 6) is -0.781. The first kappa shape index (κ1) is 34.8. The number of hydrogen-bond donors (Lipinski definition) is 2. The Hall–Kier alpha value is -2.18. The summed E-state index contributed by atoms with van der Waals surface area (Å²) in [6.45, 7) is 3.97. The van der Waals surface area contributed by atoms with Crippen molar-refractivity contribution in [3.05, 3.63) is 48.6 Å². The first-order chi connectivity index (χ1) is 18.0. The molecule has 0 aromatic rings. The van der Waals surface area contributed by atoms with Crippen LogP contribution in [0, 0.1) is 0 Å². The van der Waals surface area contributed by atoms with Crippen molar-refractivity contribution in [3.63, 3.8) is 0 Å². The van der Waals surface area contributed by atoms with Crippen molar-refractivity contribution in [1.29, 1.82) is 0 Å². The standard InChI is InChI=1S/C31H52O6/c1-3-5-7-9-10-11-12-13-14-15-16-18-19-22-28(32)23-21-25-31(35)37-27-29(33)26-36-30(34)24-20-17-8-6-4-2/h10-11,13-14,16,18-19,22,28-29,32-33H,3-9,12,15,17,20-21,23-27H2,1-2H3/b11-10-,14-13-,18-16-,22-19+/t28-,29-/m1/s1. The molecule has 0 fully saturated rings. The first-order valence-electron chi connectivity index (χ1n) is 14.3. The third kappa shape index (κ3) is 26.7. The quantitative estimate of drug-likeness (QED) is 0.0622. The first-order valence-corrected chi connectivity index (χ1v) is 14.3. The van der Waals surface area contributed by atoms with Crippen LogP contribution in [0.15, 0.2) is 48.6 Å². The molecule has 0 unspecified atom stereocenters. The van der Waals surface area contributed by atoms with Crippen LogP contribution >= 0.6 is 0 Å². The summed E-state index contributed by atoms with van der Waals surface area (Å²) in [7, 11) is 0. The minimum Gasteiger partial charge on any atom is -0.463 e. The largest absolute Gasteiger partial charge is 0.463 e. The number of rotatable bonds is 24. The molecule has 0 aliphatic heterocycles. The second-order valence-electron chi connectivity index (χ2n) is 9.37. The third-order valence-electron chi connectivity index (χ3n) is 5.67. The van der Waals surface area contributed by atoms with Crippen molar-refractivity contribution < 1.29 is 29.3 Å². The maximum atomic E-state index is 11.8. The van der Waals surface area contributed by atoms with Crippen LogP contribution in [0.3, 0.4) is 0 Å². The van der Waals surface area contributed by atoms with E-state index in [1.54, 1.807) is 6.08 Å². The number of aliphatic hydroxyl groups excluding tert-OH is 2. The molecule has 0 aliphatic carbocycles. The van der Waals surface area contributed by atoms with Gasteiger partial charge in [-0.2, -0.15) is 0 Å². The van der Waals surface area contributed by atoms with Crippen LogP contribution in [0.5, 0.6) is 0 Å². The molecule has 6 nitrogen and oxygen atoms in total. The predicted molar refractivity (Wildman–Crippen MR) is 151 cm³/mol. The Kier molecular flexibility index (Phi) is 25.3. The van der Waals surface area contributed by atoms with E-state index in [2.05, 4.69) is 38.2 Å². The van der Waals surface area contributed by atoms with Crippen molar-refractivity contribution in [1.82, 2.24) is 0 Å². The molecule has 2 N–H and O–H groups in total. The van der Waals surface area contributed by atoms with Crippen LogP contribution in [0.25, 0.3) is 0 Å². The zero-order valence-electron chi connectivity index (χ0n) is 23.3. The smallest absolute Gasteiger partial charge is 0.305 e. The van der Waals surface area contributed by atoms with E-state index in [1.165, 1.54) is 25.7 Å². The molecule has 0 rings (SSSR count). The lowest BCUT2D eigenvalue weighted by atomic mass is 10.1. The highest BCUT2D eigenvalue weighted by Gasteiger charge is 2.12. The Bertz CT molecular complexity index is 665. The topological polar surface area (TPSA) is 93.1 Å². The second kappa shape index (κ2) is 26.9. The highest BCUT2D eigenvalue weighted by molar-refractivity contribution is 5.69. The number of ether oxygens (including phenoxy) is 2.